The van der Waals surface area contributed by atoms with Crippen molar-refractivity contribution >= 4 is 5.69 Å². The molecule has 3 nitrogen and oxygen atoms in total. The number of pyridine rings is 1. The van der Waals surface area contributed by atoms with E-state index >= 15 is 0 Å². The predicted molar refractivity (Wildman–Crippen MR) is 40.3 cm³/mol. The molecule has 0 atom stereocenters. The zero-order chi connectivity index (χ0) is 11.8. The third kappa shape index (κ3) is 2.25. The van der Waals surface area contributed by atoms with Gasteiger partial charge in [-0.3, -0.25) is 0 Å². The number of halogens is 5. The van der Waals surface area contributed by atoms with E-state index in [0.717, 1.165) is 0 Å². The first-order valence-corrected chi connectivity index (χ1v) is 3.58. The fraction of sp³-hybridized carbons (Fsp3) is 0.286. The van der Waals surface area contributed by atoms with Crippen molar-refractivity contribution in [1.29, 1.82) is 0 Å². The van der Waals surface area contributed by atoms with Crippen LogP contribution in [0.5, 0.6) is 5.75 Å². The number of nitrogen functional groups attached to an aromatic ring is 1. The van der Waals surface area contributed by atoms with Gasteiger partial charge in [0.2, 0.25) is 0 Å². The van der Waals surface area contributed by atoms with E-state index in [1.807, 2.05) is 0 Å². The average Bonchev–Trinajstić information content (AvgIpc) is 2.00. The van der Waals surface area contributed by atoms with Crippen LogP contribution >= 0.6 is 0 Å². The van der Waals surface area contributed by atoms with E-state index in [1.54, 1.807) is 0 Å². The number of hydrogen-bond donors (Lipinski definition) is 2. The van der Waals surface area contributed by atoms with Crippen LogP contribution in [0.25, 0.3) is 0 Å². The van der Waals surface area contributed by atoms with Crippen LogP contribution in [0, 0.1) is 0 Å². The molecule has 0 unspecified atom stereocenters. The third-order valence-electron chi connectivity index (χ3n) is 1.54. The maximum absolute atomic E-state index is 12.1. The van der Waals surface area contributed by atoms with Crippen LogP contribution in [0.1, 0.15) is 17.8 Å². The lowest BCUT2D eigenvalue weighted by Crippen LogP contribution is -2.11. The van der Waals surface area contributed by atoms with Crippen LogP contribution in [0.15, 0.2) is 6.07 Å². The van der Waals surface area contributed by atoms with Gasteiger partial charge >= 0.3 is 6.18 Å². The van der Waals surface area contributed by atoms with Gasteiger partial charge in [-0.2, -0.15) is 13.2 Å². The first-order chi connectivity index (χ1) is 6.73. The molecule has 1 aromatic heterocycles. The summed E-state index contributed by atoms with van der Waals surface area (Å²) in [4.78, 5) is 2.59. The van der Waals surface area contributed by atoms with E-state index in [0.29, 0.717) is 6.07 Å². The topological polar surface area (TPSA) is 59.1 Å². The molecular formula is C7H5F5N2O. The molecule has 0 saturated heterocycles. The Balaban J connectivity index is 3.37. The standard InChI is InChI=1S/C7H5F5N2O/c8-6(9)4-2(13)1-3(15)5(14-4)7(10,11)12/h1,6,15H,13H2. The van der Waals surface area contributed by atoms with Crippen LogP contribution in [0.4, 0.5) is 27.6 Å². The summed E-state index contributed by atoms with van der Waals surface area (Å²) < 4.78 is 60.6. The minimum absolute atomic E-state index is 0.400. The number of nitrogens with zero attached hydrogens (tertiary/aromatic N) is 1. The first-order valence-electron chi connectivity index (χ1n) is 3.58. The summed E-state index contributed by atoms with van der Waals surface area (Å²) >= 11 is 0. The summed E-state index contributed by atoms with van der Waals surface area (Å²) in [5.41, 5.74) is 1.31. The summed E-state index contributed by atoms with van der Waals surface area (Å²) in [5.74, 6) is -1.27. The molecule has 1 rings (SSSR count). The van der Waals surface area contributed by atoms with Crippen LogP contribution in [-0.2, 0) is 6.18 Å². The van der Waals surface area contributed by atoms with Gasteiger partial charge in [0, 0.05) is 6.07 Å². The highest BCUT2D eigenvalue weighted by atomic mass is 19.4. The van der Waals surface area contributed by atoms with Crippen LogP contribution < -0.4 is 5.73 Å². The Morgan fingerprint density at radius 2 is 1.87 bits per heavy atom. The third-order valence-corrected chi connectivity index (χ3v) is 1.54. The second kappa shape index (κ2) is 3.52. The highest BCUT2D eigenvalue weighted by Crippen LogP contribution is 2.37. The number of nitrogens with two attached hydrogens (primary N) is 1. The van der Waals surface area contributed by atoms with Crippen molar-refractivity contribution in [2.45, 2.75) is 12.6 Å². The molecule has 0 aliphatic carbocycles. The molecule has 0 amide bonds. The van der Waals surface area contributed by atoms with Crippen LogP contribution in [0.2, 0.25) is 0 Å². The van der Waals surface area contributed by atoms with Crippen molar-refractivity contribution in [3.8, 4) is 5.75 Å². The van der Waals surface area contributed by atoms with Gasteiger partial charge in [-0.05, 0) is 0 Å². The molecule has 84 valence electrons. The van der Waals surface area contributed by atoms with E-state index in [-0.39, 0.29) is 0 Å². The minimum atomic E-state index is -5.00. The molecule has 15 heavy (non-hydrogen) atoms. The number of anilines is 1. The van der Waals surface area contributed by atoms with Crippen molar-refractivity contribution in [2.24, 2.45) is 0 Å². The molecular weight excluding hydrogens is 223 g/mol. The molecule has 0 aliphatic heterocycles. The Morgan fingerprint density at radius 3 is 2.27 bits per heavy atom. The average molecular weight is 228 g/mol. The number of hydrogen-bond acceptors (Lipinski definition) is 3. The molecule has 0 bridgehead atoms. The van der Waals surface area contributed by atoms with Gasteiger partial charge in [-0.25, -0.2) is 13.8 Å². The van der Waals surface area contributed by atoms with Gasteiger partial charge in [0.15, 0.2) is 5.69 Å². The van der Waals surface area contributed by atoms with Crippen LogP contribution in [-0.4, -0.2) is 10.1 Å². The molecule has 0 aromatic carbocycles. The van der Waals surface area contributed by atoms with Gasteiger partial charge in [-0.1, -0.05) is 0 Å². The highest BCUT2D eigenvalue weighted by molar-refractivity contribution is 5.50. The molecule has 0 aliphatic rings. The summed E-state index contributed by atoms with van der Waals surface area (Å²) in [6.07, 6.45) is -8.23. The molecule has 1 heterocycles. The Kier molecular flexibility index (Phi) is 2.69. The monoisotopic (exact) mass is 228 g/mol. The number of aromatic hydroxyl groups is 1. The Morgan fingerprint density at radius 1 is 1.33 bits per heavy atom. The van der Waals surface area contributed by atoms with Gasteiger partial charge in [-0.15, -0.1) is 0 Å². The number of rotatable bonds is 1. The molecule has 3 N–H and O–H groups in total. The zero-order valence-corrected chi connectivity index (χ0v) is 7.02. The Bertz CT molecular complexity index is 376. The Hall–Kier alpha value is -1.60. The highest BCUT2D eigenvalue weighted by Gasteiger charge is 2.37. The van der Waals surface area contributed by atoms with Crippen molar-refractivity contribution in [3.05, 3.63) is 17.5 Å². The summed E-state index contributed by atoms with van der Waals surface area (Å²) in [5, 5.41) is 8.83. The van der Waals surface area contributed by atoms with Crippen molar-refractivity contribution < 1.29 is 27.1 Å². The van der Waals surface area contributed by atoms with Crippen molar-refractivity contribution in [3.63, 3.8) is 0 Å². The fourth-order valence-electron chi connectivity index (χ4n) is 0.915. The van der Waals surface area contributed by atoms with Gasteiger partial charge in [0.05, 0.1) is 5.69 Å². The largest absolute Gasteiger partial charge is 0.506 e. The lowest BCUT2D eigenvalue weighted by atomic mass is 10.2. The normalized spacial score (nSPS) is 12.1. The fourth-order valence-corrected chi connectivity index (χ4v) is 0.915. The molecule has 0 fully saturated rings. The summed E-state index contributed by atoms with van der Waals surface area (Å²) in [6, 6.07) is 0.400. The molecule has 0 radical (unpaired) electrons. The van der Waals surface area contributed by atoms with E-state index in [1.165, 1.54) is 0 Å². The maximum atomic E-state index is 12.1. The second-order valence-corrected chi connectivity index (χ2v) is 2.63. The van der Waals surface area contributed by atoms with Gasteiger partial charge < -0.3 is 10.8 Å². The Labute approximate surface area is 80.3 Å². The first kappa shape index (κ1) is 11.5. The van der Waals surface area contributed by atoms with Crippen molar-refractivity contribution in [2.75, 3.05) is 5.73 Å². The van der Waals surface area contributed by atoms with Gasteiger partial charge in [0.1, 0.15) is 11.4 Å². The predicted octanol–water partition coefficient (Wildman–Crippen LogP) is 2.33. The molecule has 8 heteroatoms. The SMILES string of the molecule is Nc1cc(O)c(C(F)(F)F)nc1C(F)F. The molecule has 1 aromatic rings. The van der Waals surface area contributed by atoms with E-state index in [9.17, 15) is 22.0 Å². The van der Waals surface area contributed by atoms with Gasteiger partial charge in [0.25, 0.3) is 6.43 Å². The van der Waals surface area contributed by atoms with E-state index in [2.05, 4.69) is 4.98 Å². The molecule has 0 spiro atoms. The second-order valence-electron chi connectivity index (χ2n) is 2.63. The van der Waals surface area contributed by atoms with E-state index in [4.69, 9.17) is 10.8 Å². The van der Waals surface area contributed by atoms with Crippen molar-refractivity contribution in [1.82, 2.24) is 4.98 Å². The van der Waals surface area contributed by atoms with Crippen LogP contribution in [0.3, 0.4) is 0 Å². The van der Waals surface area contributed by atoms with E-state index < -0.39 is 35.4 Å². The summed E-state index contributed by atoms with van der Waals surface area (Å²) in [7, 11) is 0. The smallest absolute Gasteiger partial charge is 0.437 e. The zero-order valence-electron chi connectivity index (χ0n) is 7.02. The molecule has 0 saturated carbocycles. The maximum Gasteiger partial charge on any atom is 0.437 e. The summed E-state index contributed by atoms with van der Waals surface area (Å²) in [6.45, 7) is 0. The number of aromatic nitrogens is 1. The lowest BCUT2D eigenvalue weighted by Gasteiger charge is -2.11. The number of alkyl halides is 5. The minimum Gasteiger partial charge on any atom is -0.506 e. The lowest BCUT2D eigenvalue weighted by molar-refractivity contribution is -0.142. The quantitative estimate of drug-likeness (QED) is 0.725.